The van der Waals surface area contributed by atoms with E-state index < -0.39 is 0 Å². The molecule has 0 aliphatic carbocycles. The molecule has 3 fully saturated rings. The lowest BCUT2D eigenvalue weighted by atomic mass is 9.79. The molecule has 216 valence electrons. The Kier molecular flexibility index (Phi) is 7.79. The quantitative estimate of drug-likeness (QED) is 0.415. The molecule has 4 aliphatic heterocycles. The first kappa shape index (κ1) is 27.8. The molecule has 3 saturated heterocycles. The van der Waals surface area contributed by atoms with Gasteiger partial charge < -0.3 is 24.3 Å². The summed E-state index contributed by atoms with van der Waals surface area (Å²) < 4.78 is 5.51. The summed E-state index contributed by atoms with van der Waals surface area (Å²) in [4.78, 5) is 30.5. The molecular formula is C32H39ClN6O2. The van der Waals surface area contributed by atoms with E-state index in [1.165, 1.54) is 37.6 Å². The second-order valence-electron chi connectivity index (χ2n) is 11.8. The highest BCUT2D eigenvalue weighted by molar-refractivity contribution is 6.36. The van der Waals surface area contributed by atoms with Gasteiger partial charge in [0.2, 0.25) is 5.91 Å². The molecule has 0 bridgehead atoms. The summed E-state index contributed by atoms with van der Waals surface area (Å²) in [5.74, 6) is 0.997. The average molecular weight is 575 g/mol. The Morgan fingerprint density at radius 3 is 2.46 bits per heavy atom. The topological polar surface area (TPSA) is 65.0 Å². The summed E-state index contributed by atoms with van der Waals surface area (Å²) in [7, 11) is 3.79. The van der Waals surface area contributed by atoms with Crippen LogP contribution in [-0.4, -0.2) is 85.6 Å². The number of halogens is 1. The van der Waals surface area contributed by atoms with Crippen LogP contribution in [0.3, 0.4) is 0 Å². The zero-order chi connectivity index (χ0) is 28.6. The molecule has 1 aromatic heterocycles. The fourth-order valence-electron chi connectivity index (χ4n) is 6.78. The number of methoxy groups -OCH3 is 1. The minimum Gasteiger partial charge on any atom is -0.467 e. The highest BCUT2D eigenvalue weighted by atomic mass is 35.5. The third kappa shape index (κ3) is 5.47. The van der Waals surface area contributed by atoms with Gasteiger partial charge in [-0.05, 0) is 69.4 Å². The van der Waals surface area contributed by atoms with E-state index in [0.717, 1.165) is 78.6 Å². The van der Waals surface area contributed by atoms with Gasteiger partial charge in [-0.3, -0.25) is 4.79 Å². The molecule has 9 heteroatoms. The van der Waals surface area contributed by atoms with Gasteiger partial charge in [-0.1, -0.05) is 42.4 Å². The Hall–Kier alpha value is -3.36. The van der Waals surface area contributed by atoms with Gasteiger partial charge in [0.25, 0.3) is 0 Å². The summed E-state index contributed by atoms with van der Waals surface area (Å²) in [6.45, 7) is 11.2. The number of ether oxygens (including phenoxy) is 1. The molecule has 0 unspecified atom stereocenters. The third-order valence-electron chi connectivity index (χ3n) is 8.98. The largest absolute Gasteiger partial charge is 0.467 e. The average Bonchev–Trinajstić information content (AvgIpc) is 3.65. The van der Waals surface area contributed by atoms with Gasteiger partial charge >= 0.3 is 6.01 Å². The molecule has 0 radical (unpaired) electrons. The SMILES string of the molecule is C=CC(=O)N1CC2(CCN(c3nc(OC)nc4c3CCN(c3cccc5cccc(Cl)c35)C4)C2)C1.CN1CCCC1. The molecule has 2 aromatic carbocycles. The summed E-state index contributed by atoms with van der Waals surface area (Å²) >= 11 is 6.62. The van der Waals surface area contributed by atoms with Gasteiger partial charge in [-0.15, -0.1) is 0 Å². The molecule has 3 aromatic rings. The number of hydrogen-bond donors (Lipinski definition) is 0. The normalized spacial score (nSPS) is 19.5. The Bertz CT molecular complexity index is 1440. The smallest absolute Gasteiger partial charge is 0.318 e. The van der Waals surface area contributed by atoms with Crippen LogP contribution in [0.15, 0.2) is 49.1 Å². The highest BCUT2D eigenvalue weighted by Crippen LogP contribution is 2.43. The van der Waals surface area contributed by atoms with Crippen LogP contribution < -0.4 is 14.5 Å². The van der Waals surface area contributed by atoms with E-state index >= 15 is 0 Å². The van der Waals surface area contributed by atoms with Crippen molar-refractivity contribution in [1.82, 2.24) is 19.8 Å². The highest BCUT2D eigenvalue weighted by Gasteiger charge is 2.49. The lowest BCUT2D eigenvalue weighted by molar-refractivity contribution is -0.136. The number of fused-ring (bicyclic) bond motifs is 2. The molecule has 0 atom stereocenters. The van der Waals surface area contributed by atoms with Crippen LogP contribution >= 0.6 is 11.6 Å². The Balaban J connectivity index is 0.000000449. The lowest BCUT2D eigenvalue weighted by Gasteiger charge is -2.47. The van der Waals surface area contributed by atoms with Crippen molar-refractivity contribution in [2.45, 2.75) is 32.2 Å². The van der Waals surface area contributed by atoms with E-state index in [-0.39, 0.29) is 11.3 Å². The van der Waals surface area contributed by atoms with E-state index in [9.17, 15) is 4.79 Å². The Labute approximate surface area is 247 Å². The molecule has 7 rings (SSSR count). The maximum absolute atomic E-state index is 12.0. The van der Waals surface area contributed by atoms with Crippen molar-refractivity contribution in [2.24, 2.45) is 5.41 Å². The summed E-state index contributed by atoms with van der Waals surface area (Å²) in [6, 6.07) is 12.7. The number of carbonyl (C=O) groups excluding carboxylic acids is 1. The second-order valence-corrected chi connectivity index (χ2v) is 12.2. The third-order valence-corrected chi connectivity index (χ3v) is 9.30. The van der Waals surface area contributed by atoms with E-state index in [0.29, 0.717) is 12.6 Å². The number of carbonyl (C=O) groups is 1. The van der Waals surface area contributed by atoms with E-state index in [1.807, 2.05) is 17.0 Å². The number of amides is 1. The minimum atomic E-state index is 0.0174. The van der Waals surface area contributed by atoms with Gasteiger partial charge in [0.15, 0.2) is 0 Å². The van der Waals surface area contributed by atoms with Gasteiger partial charge in [0, 0.05) is 54.8 Å². The Morgan fingerprint density at radius 2 is 1.78 bits per heavy atom. The number of anilines is 2. The summed E-state index contributed by atoms with van der Waals surface area (Å²) in [5, 5.41) is 2.97. The number of nitrogens with zero attached hydrogens (tertiary/aromatic N) is 6. The predicted octanol–water partition coefficient (Wildman–Crippen LogP) is 4.79. The predicted molar refractivity (Wildman–Crippen MR) is 165 cm³/mol. The van der Waals surface area contributed by atoms with Gasteiger partial charge in [-0.25, -0.2) is 0 Å². The van der Waals surface area contributed by atoms with Crippen LogP contribution in [0.25, 0.3) is 10.8 Å². The van der Waals surface area contributed by atoms with Crippen LogP contribution in [0.1, 0.15) is 30.5 Å². The van der Waals surface area contributed by atoms with E-state index in [4.69, 9.17) is 26.3 Å². The first-order chi connectivity index (χ1) is 19.9. The van der Waals surface area contributed by atoms with Crippen LogP contribution in [-0.2, 0) is 17.8 Å². The fourth-order valence-corrected chi connectivity index (χ4v) is 7.06. The number of hydrogen-bond acceptors (Lipinski definition) is 7. The van der Waals surface area contributed by atoms with Gasteiger partial charge in [0.1, 0.15) is 5.82 Å². The van der Waals surface area contributed by atoms with Crippen molar-refractivity contribution in [3.8, 4) is 6.01 Å². The summed E-state index contributed by atoms with van der Waals surface area (Å²) in [6.07, 6.45) is 6.13. The van der Waals surface area contributed by atoms with Gasteiger partial charge in [-0.2, -0.15) is 9.97 Å². The standard InChI is InChI=1S/C27H28ClN5O2.C5H11N/c1-3-23(34)33-16-27(17-33)11-13-32(15-27)25-19-10-12-31(14-21(19)29-26(30-25)35-2)22-9-5-7-18-6-4-8-20(28)24(18)22;1-6-4-2-3-5-6/h3-9H,1,10-17H2,2H3;2-5H2,1H3. The summed E-state index contributed by atoms with van der Waals surface area (Å²) in [5.41, 5.74) is 3.47. The number of rotatable bonds is 4. The van der Waals surface area contributed by atoms with E-state index in [1.54, 1.807) is 7.11 Å². The van der Waals surface area contributed by atoms with Crippen molar-refractivity contribution in [3.05, 3.63) is 65.3 Å². The monoisotopic (exact) mass is 574 g/mol. The van der Waals surface area contributed by atoms with Crippen molar-refractivity contribution in [1.29, 1.82) is 0 Å². The minimum absolute atomic E-state index is 0.0174. The lowest BCUT2D eigenvalue weighted by Crippen LogP contribution is -2.59. The molecule has 0 N–H and O–H groups in total. The first-order valence-electron chi connectivity index (χ1n) is 14.6. The molecule has 1 spiro atoms. The molecule has 5 heterocycles. The van der Waals surface area contributed by atoms with Gasteiger partial charge in [0.05, 0.1) is 24.4 Å². The molecule has 1 amide bonds. The number of likely N-dealkylation sites (tertiary alicyclic amines) is 2. The van der Waals surface area contributed by atoms with Crippen molar-refractivity contribution >= 4 is 39.8 Å². The van der Waals surface area contributed by atoms with Crippen LogP contribution in [0.5, 0.6) is 6.01 Å². The molecular weight excluding hydrogens is 536 g/mol. The zero-order valence-electron chi connectivity index (χ0n) is 24.1. The van der Waals surface area contributed by atoms with Crippen LogP contribution in [0.4, 0.5) is 11.5 Å². The molecule has 4 aliphatic rings. The van der Waals surface area contributed by atoms with Crippen LogP contribution in [0, 0.1) is 5.41 Å². The maximum atomic E-state index is 12.0. The van der Waals surface area contributed by atoms with Crippen molar-refractivity contribution < 1.29 is 9.53 Å². The van der Waals surface area contributed by atoms with Crippen molar-refractivity contribution in [3.63, 3.8) is 0 Å². The first-order valence-corrected chi connectivity index (χ1v) is 15.0. The fraction of sp³-hybridized carbons (Fsp3) is 0.469. The second kappa shape index (κ2) is 11.5. The molecule has 0 saturated carbocycles. The zero-order valence-corrected chi connectivity index (χ0v) is 24.9. The Morgan fingerprint density at radius 1 is 1.02 bits per heavy atom. The maximum Gasteiger partial charge on any atom is 0.318 e. The number of benzene rings is 2. The molecule has 41 heavy (non-hydrogen) atoms. The van der Waals surface area contributed by atoms with Crippen molar-refractivity contribution in [2.75, 3.05) is 69.8 Å². The number of aromatic nitrogens is 2. The van der Waals surface area contributed by atoms with Crippen LogP contribution in [0.2, 0.25) is 5.02 Å². The molecule has 8 nitrogen and oxygen atoms in total. The van der Waals surface area contributed by atoms with E-state index in [2.05, 4.69) is 52.6 Å².